The summed E-state index contributed by atoms with van der Waals surface area (Å²) in [5.41, 5.74) is 1.67. The van der Waals surface area contributed by atoms with E-state index in [9.17, 15) is 4.79 Å². The van der Waals surface area contributed by atoms with Crippen LogP contribution in [0.1, 0.15) is 53.5 Å². The lowest BCUT2D eigenvalue weighted by molar-refractivity contribution is 0.0671. The molecule has 3 rings (SSSR count). The second-order valence-electron chi connectivity index (χ2n) is 5.60. The van der Waals surface area contributed by atoms with Crippen molar-refractivity contribution in [3.05, 3.63) is 41.6 Å². The Balaban J connectivity index is 1.76. The summed E-state index contributed by atoms with van der Waals surface area (Å²) >= 11 is 0. The summed E-state index contributed by atoms with van der Waals surface area (Å²) in [6.45, 7) is 5.20. The Morgan fingerprint density at radius 3 is 3.05 bits per heavy atom. The Hall–Kier alpha value is -2.24. The van der Waals surface area contributed by atoms with Gasteiger partial charge in [0.1, 0.15) is 6.33 Å². The van der Waals surface area contributed by atoms with E-state index in [1.54, 1.807) is 12.5 Å². The molecule has 0 spiro atoms. The molecule has 1 atom stereocenters. The number of oxazole rings is 1. The average Bonchev–Trinajstić information content (AvgIpc) is 2.96. The number of hydrogen-bond acceptors (Lipinski definition) is 5. The van der Waals surface area contributed by atoms with Crippen molar-refractivity contribution in [3.8, 4) is 0 Å². The molecule has 0 N–H and O–H groups in total. The molecule has 2 aromatic rings. The van der Waals surface area contributed by atoms with Gasteiger partial charge in [0.05, 0.1) is 5.69 Å². The fraction of sp³-hybridized carbons (Fsp3) is 0.500. The monoisotopic (exact) mass is 300 g/mol. The SMILES string of the molecule is CCc1nc(C)c(C(=O)N2CCC[C@H](c3ccncn3)C2)o1. The molecule has 0 saturated carbocycles. The van der Waals surface area contributed by atoms with E-state index >= 15 is 0 Å². The number of carbonyl (C=O) groups is 1. The molecule has 0 unspecified atom stereocenters. The van der Waals surface area contributed by atoms with Crippen LogP contribution in [0.5, 0.6) is 0 Å². The molecule has 3 heterocycles. The highest BCUT2D eigenvalue weighted by Crippen LogP contribution is 2.26. The summed E-state index contributed by atoms with van der Waals surface area (Å²) in [4.78, 5) is 27.1. The highest BCUT2D eigenvalue weighted by atomic mass is 16.4. The van der Waals surface area contributed by atoms with E-state index in [-0.39, 0.29) is 11.8 Å². The molecule has 0 aliphatic carbocycles. The molecule has 2 aromatic heterocycles. The maximum absolute atomic E-state index is 12.7. The molecule has 1 amide bonds. The highest BCUT2D eigenvalue weighted by molar-refractivity contribution is 5.92. The number of nitrogens with zero attached hydrogens (tertiary/aromatic N) is 4. The fourth-order valence-electron chi connectivity index (χ4n) is 2.89. The largest absolute Gasteiger partial charge is 0.435 e. The molecular formula is C16H20N4O2. The molecule has 1 aliphatic heterocycles. The molecule has 0 radical (unpaired) electrons. The Kier molecular flexibility index (Phi) is 4.18. The first-order valence-electron chi connectivity index (χ1n) is 7.70. The number of amides is 1. The highest BCUT2D eigenvalue weighted by Gasteiger charge is 2.29. The number of aromatic nitrogens is 3. The number of rotatable bonds is 3. The van der Waals surface area contributed by atoms with Gasteiger partial charge >= 0.3 is 0 Å². The van der Waals surface area contributed by atoms with E-state index in [1.165, 1.54) is 0 Å². The lowest BCUT2D eigenvalue weighted by Crippen LogP contribution is -2.39. The molecule has 0 aromatic carbocycles. The van der Waals surface area contributed by atoms with Crippen molar-refractivity contribution in [2.75, 3.05) is 13.1 Å². The van der Waals surface area contributed by atoms with Crippen molar-refractivity contribution >= 4 is 5.91 Å². The predicted molar refractivity (Wildman–Crippen MR) is 80.5 cm³/mol. The van der Waals surface area contributed by atoms with Gasteiger partial charge in [-0.15, -0.1) is 0 Å². The minimum absolute atomic E-state index is 0.0662. The second kappa shape index (κ2) is 6.25. The number of hydrogen-bond donors (Lipinski definition) is 0. The van der Waals surface area contributed by atoms with Crippen molar-refractivity contribution in [1.29, 1.82) is 0 Å². The zero-order valence-corrected chi connectivity index (χ0v) is 13.0. The zero-order chi connectivity index (χ0) is 15.5. The average molecular weight is 300 g/mol. The lowest BCUT2D eigenvalue weighted by Gasteiger charge is -2.31. The molecule has 1 fully saturated rings. The van der Waals surface area contributed by atoms with E-state index in [1.807, 2.05) is 24.8 Å². The van der Waals surface area contributed by atoms with Crippen LogP contribution < -0.4 is 0 Å². The van der Waals surface area contributed by atoms with Gasteiger partial charge in [-0.05, 0) is 25.8 Å². The summed E-state index contributed by atoms with van der Waals surface area (Å²) in [7, 11) is 0. The van der Waals surface area contributed by atoms with Gasteiger partial charge in [-0.25, -0.2) is 15.0 Å². The quantitative estimate of drug-likeness (QED) is 0.870. The third-order valence-electron chi connectivity index (χ3n) is 4.07. The van der Waals surface area contributed by atoms with Crippen LogP contribution in [0, 0.1) is 6.92 Å². The van der Waals surface area contributed by atoms with Gasteiger partial charge in [-0.3, -0.25) is 4.79 Å². The van der Waals surface area contributed by atoms with E-state index in [0.29, 0.717) is 30.3 Å². The van der Waals surface area contributed by atoms with Gasteiger partial charge in [0.2, 0.25) is 5.76 Å². The Morgan fingerprint density at radius 1 is 1.50 bits per heavy atom. The lowest BCUT2D eigenvalue weighted by atomic mass is 9.94. The second-order valence-corrected chi connectivity index (χ2v) is 5.60. The molecule has 0 bridgehead atoms. The van der Waals surface area contributed by atoms with Crippen molar-refractivity contribution in [3.63, 3.8) is 0 Å². The maximum atomic E-state index is 12.7. The predicted octanol–water partition coefficient (Wildman–Crippen LogP) is 2.36. The van der Waals surface area contributed by atoms with Gasteiger partial charge in [0.25, 0.3) is 5.91 Å². The Labute approximate surface area is 129 Å². The summed E-state index contributed by atoms with van der Waals surface area (Å²) in [5.74, 6) is 1.18. The summed E-state index contributed by atoms with van der Waals surface area (Å²) in [6, 6.07) is 1.92. The first-order chi connectivity index (χ1) is 10.7. The summed E-state index contributed by atoms with van der Waals surface area (Å²) in [5, 5.41) is 0. The number of piperidine rings is 1. The van der Waals surface area contributed by atoms with E-state index in [0.717, 1.165) is 25.1 Å². The van der Waals surface area contributed by atoms with Gasteiger partial charge in [-0.2, -0.15) is 0 Å². The minimum Gasteiger partial charge on any atom is -0.435 e. The van der Waals surface area contributed by atoms with E-state index in [4.69, 9.17) is 4.42 Å². The summed E-state index contributed by atoms with van der Waals surface area (Å²) < 4.78 is 5.59. The van der Waals surface area contributed by atoms with Gasteiger partial charge in [-0.1, -0.05) is 6.92 Å². The van der Waals surface area contributed by atoms with Crippen LogP contribution in [-0.2, 0) is 6.42 Å². The minimum atomic E-state index is -0.0662. The van der Waals surface area contributed by atoms with Crippen LogP contribution >= 0.6 is 0 Å². The number of carbonyl (C=O) groups excluding carboxylic acids is 1. The van der Waals surface area contributed by atoms with Crippen molar-refractivity contribution in [2.45, 2.75) is 39.0 Å². The molecule has 1 aliphatic rings. The zero-order valence-electron chi connectivity index (χ0n) is 13.0. The first kappa shape index (κ1) is 14.7. The Bertz CT molecular complexity index is 653. The van der Waals surface area contributed by atoms with Crippen molar-refractivity contribution in [1.82, 2.24) is 19.9 Å². The standard InChI is InChI=1S/C16H20N4O2/c1-3-14-19-11(2)15(22-14)16(21)20-8-4-5-12(9-20)13-6-7-17-10-18-13/h6-7,10,12H,3-5,8-9H2,1-2H3/t12-/m0/s1. The van der Waals surface area contributed by atoms with Crippen molar-refractivity contribution < 1.29 is 9.21 Å². The Morgan fingerprint density at radius 2 is 2.36 bits per heavy atom. The third kappa shape index (κ3) is 2.86. The van der Waals surface area contributed by atoms with Gasteiger partial charge in [0, 0.05) is 37.3 Å². The fourth-order valence-corrected chi connectivity index (χ4v) is 2.89. The van der Waals surface area contributed by atoms with Crippen LogP contribution in [-0.4, -0.2) is 38.8 Å². The van der Waals surface area contributed by atoms with Crippen LogP contribution in [0.4, 0.5) is 0 Å². The van der Waals surface area contributed by atoms with E-state index in [2.05, 4.69) is 15.0 Å². The van der Waals surface area contributed by atoms with Gasteiger partial charge < -0.3 is 9.32 Å². The smallest absolute Gasteiger partial charge is 0.291 e. The van der Waals surface area contributed by atoms with Crippen LogP contribution in [0.3, 0.4) is 0 Å². The molecule has 6 heteroatoms. The summed E-state index contributed by atoms with van der Waals surface area (Å²) in [6.07, 6.45) is 6.00. The molecule has 1 saturated heterocycles. The van der Waals surface area contributed by atoms with Crippen molar-refractivity contribution in [2.24, 2.45) is 0 Å². The maximum Gasteiger partial charge on any atom is 0.291 e. The normalized spacial score (nSPS) is 18.5. The molecule has 116 valence electrons. The van der Waals surface area contributed by atoms with Crippen LogP contribution in [0.2, 0.25) is 0 Å². The molecule has 22 heavy (non-hydrogen) atoms. The van der Waals surface area contributed by atoms with Crippen LogP contribution in [0.15, 0.2) is 23.0 Å². The number of aryl methyl sites for hydroxylation is 2. The third-order valence-corrected chi connectivity index (χ3v) is 4.07. The molecule has 6 nitrogen and oxygen atoms in total. The van der Waals surface area contributed by atoms with Crippen LogP contribution in [0.25, 0.3) is 0 Å². The number of likely N-dealkylation sites (tertiary alicyclic amines) is 1. The van der Waals surface area contributed by atoms with Gasteiger partial charge in [0.15, 0.2) is 5.89 Å². The molecular weight excluding hydrogens is 280 g/mol. The topological polar surface area (TPSA) is 72.1 Å². The first-order valence-corrected chi connectivity index (χ1v) is 7.70. The van der Waals surface area contributed by atoms with E-state index < -0.39 is 0 Å².